The van der Waals surface area contributed by atoms with Gasteiger partial charge in [0, 0.05) is 19.1 Å². The Morgan fingerprint density at radius 3 is 2.38 bits per heavy atom. The van der Waals surface area contributed by atoms with Crippen LogP contribution in [0.3, 0.4) is 0 Å². The van der Waals surface area contributed by atoms with Crippen LogP contribution in [0.5, 0.6) is 0 Å². The molecule has 13 heavy (non-hydrogen) atoms. The lowest BCUT2D eigenvalue weighted by atomic mass is 9.92. The topological polar surface area (TPSA) is 23.5 Å². The fourth-order valence-corrected chi connectivity index (χ4v) is 1.71. The molecule has 0 bridgehead atoms. The highest BCUT2D eigenvalue weighted by Crippen LogP contribution is 2.23. The van der Waals surface area contributed by atoms with Crippen molar-refractivity contribution >= 4 is 0 Å². The summed E-state index contributed by atoms with van der Waals surface area (Å²) in [5.74, 6) is 0. The smallest absolute Gasteiger partial charge is 0.0801 e. The first-order chi connectivity index (χ1) is 5.91. The van der Waals surface area contributed by atoms with Crippen LogP contribution >= 0.6 is 0 Å². The Morgan fingerprint density at radius 1 is 1.46 bits per heavy atom. The molecule has 1 N–H and O–H groups in total. The van der Waals surface area contributed by atoms with Gasteiger partial charge in [0.1, 0.15) is 0 Å². The van der Waals surface area contributed by atoms with Crippen LogP contribution in [0, 0.1) is 0 Å². The van der Waals surface area contributed by atoms with Gasteiger partial charge in [0.25, 0.3) is 0 Å². The van der Waals surface area contributed by atoms with Crippen LogP contribution in [0.4, 0.5) is 0 Å². The normalized spacial score (nSPS) is 20.6. The minimum atomic E-state index is -0.622. The average molecular weight is 183 g/mol. The summed E-state index contributed by atoms with van der Waals surface area (Å²) < 4.78 is 0. The highest BCUT2D eigenvalue weighted by atomic mass is 16.3. The Morgan fingerprint density at radius 2 is 2.08 bits per heavy atom. The van der Waals surface area contributed by atoms with E-state index < -0.39 is 5.60 Å². The molecule has 1 aliphatic rings. The van der Waals surface area contributed by atoms with Crippen molar-refractivity contribution in [2.24, 2.45) is 0 Å². The van der Waals surface area contributed by atoms with Crippen LogP contribution in [0.25, 0.3) is 0 Å². The Hall–Kier alpha value is -0.340. The minimum Gasteiger partial charge on any atom is -0.386 e. The number of aliphatic hydroxyl groups is 1. The van der Waals surface area contributed by atoms with Crippen molar-refractivity contribution in [2.75, 3.05) is 13.1 Å². The molecule has 0 spiro atoms. The highest BCUT2D eigenvalue weighted by Gasteiger charge is 2.23. The maximum atomic E-state index is 9.78. The SMILES string of the molecule is CC(C)N1CC=C(C(C)(C)O)CC1. The van der Waals surface area contributed by atoms with E-state index in [1.54, 1.807) is 0 Å². The molecule has 2 heteroatoms. The van der Waals surface area contributed by atoms with Crippen LogP contribution in [-0.4, -0.2) is 34.7 Å². The third-order valence-electron chi connectivity index (χ3n) is 2.76. The average Bonchev–Trinajstić information content (AvgIpc) is 2.03. The number of hydrogen-bond donors (Lipinski definition) is 1. The van der Waals surface area contributed by atoms with Gasteiger partial charge in [-0.15, -0.1) is 0 Å². The molecule has 0 atom stereocenters. The Kier molecular flexibility index (Phi) is 3.14. The predicted octanol–water partition coefficient (Wildman–Crippen LogP) is 1.80. The maximum Gasteiger partial charge on any atom is 0.0801 e. The number of hydrogen-bond acceptors (Lipinski definition) is 2. The molecule has 0 aliphatic carbocycles. The van der Waals surface area contributed by atoms with Crippen LogP contribution in [0.15, 0.2) is 11.6 Å². The minimum absolute atomic E-state index is 0.611. The van der Waals surface area contributed by atoms with E-state index in [2.05, 4.69) is 24.8 Å². The van der Waals surface area contributed by atoms with Gasteiger partial charge in [0.15, 0.2) is 0 Å². The van der Waals surface area contributed by atoms with Gasteiger partial charge in [-0.25, -0.2) is 0 Å². The molecule has 76 valence electrons. The first-order valence-corrected chi connectivity index (χ1v) is 5.07. The van der Waals surface area contributed by atoms with Crippen molar-refractivity contribution in [1.29, 1.82) is 0 Å². The molecule has 2 nitrogen and oxygen atoms in total. The summed E-state index contributed by atoms with van der Waals surface area (Å²) in [6, 6.07) is 0.611. The van der Waals surface area contributed by atoms with Gasteiger partial charge in [-0.3, -0.25) is 4.90 Å². The van der Waals surface area contributed by atoms with E-state index in [-0.39, 0.29) is 0 Å². The lowest BCUT2D eigenvalue weighted by Gasteiger charge is -2.33. The molecular weight excluding hydrogens is 162 g/mol. The first-order valence-electron chi connectivity index (χ1n) is 5.07. The second kappa shape index (κ2) is 3.81. The summed E-state index contributed by atoms with van der Waals surface area (Å²) in [7, 11) is 0. The second-order valence-electron chi connectivity index (χ2n) is 4.63. The Balaban J connectivity index is 2.58. The second-order valence-corrected chi connectivity index (χ2v) is 4.63. The lowest BCUT2D eigenvalue weighted by Crippen LogP contribution is -2.38. The Bertz CT molecular complexity index is 201. The largest absolute Gasteiger partial charge is 0.386 e. The Labute approximate surface area is 81.2 Å². The van der Waals surface area contributed by atoms with E-state index in [4.69, 9.17) is 0 Å². The fraction of sp³-hybridized carbons (Fsp3) is 0.818. The van der Waals surface area contributed by atoms with E-state index in [9.17, 15) is 5.11 Å². The molecule has 0 saturated heterocycles. The van der Waals surface area contributed by atoms with Crippen molar-refractivity contribution in [3.63, 3.8) is 0 Å². The molecule has 1 aliphatic heterocycles. The van der Waals surface area contributed by atoms with E-state index >= 15 is 0 Å². The van der Waals surface area contributed by atoms with Crippen molar-refractivity contribution < 1.29 is 5.11 Å². The third-order valence-corrected chi connectivity index (χ3v) is 2.76. The summed E-state index contributed by atoms with van der Waals surface area (Å²) >= 11 is 0. The molecular formula is C11H21NO. The van der Waals surface area contributed by atoms with Crippen molar-refractivity contribution in [3.05, 3.63) is 11.6 Å². The van der Waals surface area contributed by atoms with E-state index in [0.29, 0.717) is 6.04 Å². The van der Waals surface area contributed by atoms with Crippen LogP contribution in [0.1, 0.15) is 34.1 Å². The van der Waals surface area contributed by atoms with Crippen molar-refractivity contribution in [1.82, 2.24) is 4.90 Å². The number of nitrogens with zero attached hydrogens (tertiary/aromatic N) is 1. The third kappa shape index (κ3) is 2.82. The van der Waals surface area contributed by atoms with Gasteiger partial charge in [0.2, 0.25) is 0 Å². The quantitative estimate of drug-likeness (QED) is 0.660. The summed E-state index contributed by atoms with van der Waals surface area (Å²) in [4.78, 5) is 2.41. The van der Waals surface area contributed by atoms with Gasteiger partial charge in [0.05, 0.1) is 5.60 Å². The molecule has 0 fully saturated rings. The van der Waals surface area contributed by atoms with E-state index in [1.165, 1.54) is 5.57 Å². The van der Waals surface area contributed by atoms with Crippen LogP contribution < -0.4 is 0 Å². The van der Waals surface area contributed by atoms with Gasteiger partial charge < -0.3 is 5.11 Å². The van der Waals surface area contributed by atoms with Gasteiger partial charge in [-0.2, -0.15) is 0 Å². The molecule has 1 heterocycles. The summed E-state index contributed by atoms with van der Waals surface area (Å²) in [6.07, 6.45) is 3.17. The van der Waals surface area contributed by atoms with Gasteiger partial charge in [-0.1, -0.05) is 6.08 Å². The molecule has 0 unspecified atom stereocenters. The first kappa shape index (κ1) is 10.7. The zero-order valence-electron chi connectivity index (χ0n) is 9.17. The van der Waals surface area contributed by atoms with E-state index in [0.717, 1.165) is 19.5 Å². The van der Waals surface area contributed by atoms with Crippen LogP contribution in [-0.2, 0) is 0 Å². The van der Waals surface area contributed by atoms with Crippen molar-refractivity contribution in [2.45, 2.75) is 45.8 Å². The zero-order chi connectivity index (χ0) is 10.1. The predicted molar refractivity (Wildman–Crippen MR) is 55.7 cm³/mol. The van der Waals surface area contributed by atoms with E-state index in [1.807, 2.05) is 13.8 Å². The zero-order valence-corrected chi connectivity index (χ0v) is 9.17. The summed E-state index contributed by atoms with van der Waals surface area (Å²) in [5.41, 5.74) is 0.563. The fourth-order valence-electron chi connectivity index (χ4n) is 1.71. The molecule has 0 aromatic rings. The molecule has 0 amide bonds. The highest BCUT2D eigenvalue weighted by molar-refractivity contribution is 5.17. The van der Waals surface area contributed by atoms with Gasteiger partial charge in [-0.05, 0) is 39.7 Å². The van der Waals surface area contributed by atoms with Crippen LogP contribution in [0.2, 0.25) is 0 Å². The monoisotopic (exact) mass is 183 g/mol. The lowest BCUT2D eigenvalue weighted by molar-refractivity contribution is 0.106. The molecule has 0 saturated carbocycles. The summed E-state index contributed by atoms with van der Waals surface area (Å²) in [6.45, 7) is 10.2. The standard InChI is InChI=1S/C11H21NO/c1-9(2)12-7-5-10(6-8-12)11(3,4)13/h5,9,13H,6-8H2,1-4H3. The molecule has 0 aromatic heterocycles. The maximum absolute atomic E-state index is 9.78. The number of rotatable bonds is 2. The summed E-state index contributed by atoms with van der Waals surface area (Å²) in [5, 5.41) is 9.78. The van der Waals surface area contributed by atoms with Crippen molar-refractivity contribution in [3.8, 4) is 0 Å². The van der Waals surface area contributed by atoms with Gasteiger partial charge >= 0.3 is 0 Å². The molecule has 0 radical (unpaired) electrons. The molecule has 1 rings (SSSR count). The molecule has 0 aromatic carbocycles.